The molecule has 1 unspecified atom stereocenters. The molecule has 3 aromatic heterocycles. The molecule has 0 saturated heterocycles. The Kier molecular flexibility index (Phi) is 18.4. The molecule has 0 saturated carbocycles. The number of amides is 3. The number of aliphatic carboxylic acids is 4. The zero-order chi connectivity index (χ0) is 48.1. The summed E-state index contributed by atoms with van der Waals surface area (Å²) in [6.07, 6.45) is 0.384. The van der Waals surface area contributed by atoms with Gasteiger partial charge in [0.15, 0.2) is 22.7 Å². The number of carbonyl (C=O) groups is 7. The fraction of sp³-hybridized carbons (Fsp3) is 0.256. The predicted molar refractivity (Wildman–Crippen MR) is 233 cm³/mol. The number of rotatable bonds is 19. The van der Waals surface area contributed by atoms with Crippen LogP contribution in [0.15, 0.2) is 64.3 Å². The first kappa shape index (κ1) is 51.7. The largest absolute Gasteiger partial charge is 2.00 e. The van der Waals surface area contributed by atoms with Crippen LogP contribution in [-0.2, 0) is 30.5 Å². The van der Waals surface area contributed by atoms with Gasteiger partial charge in [-0.3, -0.25) is 33.9 Å². The standard InChI is InChI=1S/C20H23N7O7.C19H19N7O6.Ca/c21-20-25-16-15(18(32)26-20)27(9-28)12(8-23-16)7-22-11-3-1-10(2-4-11)17(31)24-13(19(33)34)5-6-14(29)30;20-19-25-15-14(17(30)26-19)23-11(8-22-15)7-21-10-3-1-9(2-4-10)16(29)24-12(18(31)32)5-6-13(27)28;/h1-4,9,12-13,22H,5-8H2,(H,24,31)(H,29,30)(H,33,34)(H4,21,23,25,26,32);1-4,8,12,21H,5-7H2,(H,24,29)(H,27,28)(H,31,32)(H3,20,22,25,26,30);/q;;+2/p-2/t12?,13-;12-;/m00./s1. The van der Waals surface area contributed by atoms with Crippen LogP contribution < -0.4 is 64.3 Å². The van der Waals surface area contributed by atoms with Crippen LogP contribution in [-0.4, -0.2) is 151 Å². The topological polar surface area (TPSA) is 439 Å². The summed E-state index contributed by atoms with van der Waals surface area (Å²) < 4.78 is 0. The Labute approximate surface area is 406 Å². The SMILES string of the molecule is Nc1nc2c(c(=O)[nH]1)N(C=O)C(CNc1ccc(C(=O)N[C@@H](CCC(=O)[O-])C(=O)O)cc1)CN2.Nc1nc2ncc(CNc3ccc(C(=O)N[C@@H](CCC(=O)[O-])C(=O)O)cc3)nc2c(=O)[nH]1.[Ca+2]. The second kappa shape index (κ2) is 23.9. The average molecular weight is 953 g/mol. The van der Waals surface area contributed by atoms with E-state index in [1.54, 1.807) is 24.3 Å². The van der Waals surface area contributed by atoms with Crippen molar-refractivity contribution in [2.75, 3.05) is 45.4 Å². The van der Waals surface area contributed by atoms with Crippen molar-refractivity contribution in [2.45, 2.75) is 50.4 Å². The van der Waals surface area contributed by atoms with E-state index in [9.17, 15) is 53.4 Å². The molecule has 13 N–H and O–H groups in total. The Hall–Kier alpha value is -7.91. The molecule has 67 heavy (non-hydrogen) atoms. The van der Waals surface area contributed by atoms with Crippen molar-refractivity contribution in [1.29, 1.82) is 0 Å². The van der Waals surface area contributed by atoms with E-state index in [0.29, 0.717) is 30.0 Å². The molecular weight excluding hydrogens is 913 g/mol. The van der Waals surface area contributed by atoms with Crippen LogP contribution in [0.4, 0.5) is 34.8 Å². The molecule has 0 aliphatic carbocycles. The molecule has 0 spiro atoms. The van der Waals surface area contributed by atoms with E-state index >= 15 is 0 Å². The van der Waals surface area contributed by atoms with E-state index in [0.717, 1.165) is 0 Å². The normalized spacial score (nSPS) is 13.4. The summed E-state index contributed by atoms with van der Waals surface area (Å²) >= 11 is 0. The van der Waals surface area contributed by atoms with Crippen molar-refractivity contribution < 1.29 is 54.0 Å². The summed E-state index contributed by atoms with van der Waals surface area (Å²) in [7, 11) is 0. The maximum atomic E-state index is 12.3. The molecule has 0 bridgehead atoms. The Morgan fingerprint density at radius 3 is 1.79 bits per heavy atom. The molecular formula is C39H40CaN14O13. The molecule has 1 aliphatic rings. The third kappa shape index (κ3) is 14.5. The quantitative estimate of drug-likeness (QED) is 0.0279. The molecule has 3 amide bonds. The number of nitrogens with two attached hydrogens (primary N) is 2. The van der Waals surface area contributed by atoms with Gasteiger partial charge in [0.2, 0.25) is 18.3 Å². The van der Waals surface area contributed by atoms with Crippen LogP contribution in [0.1, 0.15) is 52.1 Å². The number of hydrogen-bond acceptors (Lipinski definition) is 20. The number of carbonyl (C=O) groups excluding carboxylic acids is 5. The molecule has 6 rings (SSSR count). The molecule has 1 aliphatic heterocycles. The maximum Gasteiger partial charge on any atom is 2.00 e. The van der Waals surface area contributed by atoms with Gasteiger partial charge in [0.1, 0.15) is 12.1 Å². The van der Waals surface area contributed by atoms with Crippen molar-refractivity contribution in [3.63, 3.8) is 0 Å². The number of aromatic nitrogens is 6. The first-order valence-electron chi connectivity index (χ1n) is 19.5. The third-order valence-corrected chi connectivity index (χ3v) is 9.46. The van der Waals surface area contributed by atoms with Crippen LogP contribution >= 0.6 is 0 Å². The molecule has 0 radical (unpaired) electrons. The second-order valence-corrected chi connectivity index (χ2v) is 14.1. The maximum absolute atomic E-state index is 12.3. The number of nitrogens with one attached hydrogen (secondary N) is 7. The number of benzene rings is 2. The summed E-state index contributed by atoms with van der Waals surface area (Å²) in [4.78, 5) is 126. The summed E-state index contributed by atoms with van der Waals surface area (Å²) in [5.74, 6) is -6.76. The van der Waals surface area contributed by atoms with Crippen LogP contribution in [0.25, 0.3) is 11.2 Å². The molecule has 5 aromatic rings. The number of hydrogen-bond donors (Lipinski definition) is 11. The van der Waals surface area contributed by atoms with E-state index in [4.69, 9.17) is 21.7 Å². The summed E-state index contributed by atoms with van der Waals surface area (Å²) in [5.41, 5.74) is 12.2. The first-order valence-corrected chi connectivity index (χ1v) is 19.5. The van der Waals surface area contributed by atoms with Crippen molar-refractivity contribution in [1.82, 2.24) is 40.5 Å². The van der Waals surface area contributed by atoms with Crippen molar-refractivity contribution in [3.8, 4) is 0 Å². The summed E-state index contributed by atoms with van der Waals surface area (Å²) in [6.45, 7) is 0.783. The fourth-order valence-electron chi connectivity index (χ4n) is 6.14. The number of nitrogen functional groups attached to an aromatic ring is 2. The molecule has 346 valence electrons. The Bertz CT molecular complexity index is 2760. The van der Waals surface area contributed by atoms with Crippen molar-refractivity contribution in [3.05, 3.63) is 92.3 Å². The van der Waals surface area contributed by atoms with E-state index in [1.807, 2.05) is 0 Å². The molecule has 28 heteroatoms. The van der Waals surface area contributed by atoms with Crippen molar-refractivity contribution >= 4 is 126 Å². The summed E-state index contributed by atoms with van der Waals surface area (Å²) in [5, 5.41) is 53.0. The van der Waals surface area contributed by atoms with Gasteiger partial charge in [-0.15, -0.1) is 0 Å². The second-order valence-electron chi connectivity index (χ2n) is 14.1. The summed E-state index contributed by atoms with van der Waals surface area (Å²) in [6, 6.07) is 9.05. The minimum atomic E-state index is -1.41. The minimum Gasteiger partial charge on any atom is -0.550 e. The molecule has 3 atom stereocenters. The minimum absolute atomic E-state index is 0. The fourth-order valence-corrected chi connectivity index (χ4v) is 6.14. The number of anilines is 6. The van der Waals surface area contributed by atoms with E-state index in [1.165, 1.54) is 35.4 Å². The number of nitrogens with zero attached hydrogens (tertiary/aromatic N) is 5. The Morgan fingerprint density at radius 2 is 1.28 bits per heavy atom. The Morgan fingerprint density at radius 1 is 0.776 bits per heavy atom. The zero-order valence-corrected chi connectivity index (χ0v) is 37.1. The zero-order valence-electron chi connectivity index (χ0n) is 34.9. The predicted octanol–water partition coefficient (Wildman–Crippen LogP) is -3.83. The monoisotopic (exact) mass is 952 g/mol. The van der Waals surface area contributed by atoms with Gasteiger partial charge < -0.3 is 73.0 Å². The van der Waals surface area contributed by atoms with Gasteiger partial charge in [0, 0.05) is 47.5 Å². The van der Waals surface area contributed by atoms with E-state index in [2.05, 4.69) is 56.5 Å². The van der Waals surface area contributed by atoms with Gasteiger partial charge in [-0.1, -0.05) is 0 Å². The van der Waals surface area contributed by atoms with Crippen LogP contribution in [0.2, 0.25) is 0 Å². The van der Waals surface area contributed by atoms with Crippen molar-refractivity contribution in [2.24, 2.45) is 0 Å². The molecule has 0 fully saturated rings. The molecule has 27 nitrogen and oxygen atoms in total. The van der Waals surface area contributed by atoms with Gasteiger partial charge in [0.25, 0.3) is 22.9 Å². The Balaban J connectivity index is 0.000000289. The van der Waals surface area contributed by atoms with Gasteiger partial charge in [-0.05, 0) is 74.2 Å². The number of fused-ring (bicyclic) bond motifs is 2. The number of aromatic amines is 2. The number of carboxylic acid groups (broad SMARTS) is 4. The van der Waals surface area contributed by atoms with Crippen LogP contribution in [0, 0.1) is 0 Å². The van der Waals surface area contributed by atoms with Gasteiger partial charge in [0.05, 0.1) is 24.5 Å². The number of carboxylic acids is 4. The molecule has 2 aromatic carbocycles. The third-order valence-electron chi connectivity index (χ3n) is 9.46. The van der Waals surface area contributed by atoms with Gasteiger partial charge in [-0.2, -0.15) is 9.97 Å². The molecule has 4 heterocycles. The van der Waals surface area contributed by atoms with Crippen LogP contribution in [0.5, 0.6) is 0 Å². The van der Waals surface area contributed by atoms with Crippen LogP contribution in [0.3, 0.4) is 0 Å². The first-order chi connectivity index (χ1) is 31.4. The average Bonchev–Trinajstić information content (AvgIpc) is 3.27. The van der Waals surface area contributed by atoms with Gasteiger partial charge >= 0.3 is 49.7 Å². The number of H-pyrrole nitrogens is 2. The van der Waals surface area contributed by atoms with Gasteiger partial charge in [-0.25, -0.2) is 19.6 Å². The van der Waals surface area contributed by atoms with E-state index in [-0.39, 0.29) is 109 Å². The van der Waals surface area contributed by atoms with E-state index < -0.39 is 77.8 Å². The smallest absolute Gasteiger partial charge is 0.550 e.